The summed E-state index contributed by atoms with van der Waals surface area (Å²) in [7, 11) is 0. The smallest absolute Gasteiger partial charge is 0.335 e. The van der Waals surface area contributed by atoms with Crippen LogP contribution in [0.25, 0.3) is 22.6 Å². The maximum atomic E-state index is 12.9. The summed E-state index contributed by atoms with van der Waals surface area (Å²) in [6.07, 6.45) is 0. The predicted octanol–water partition coefficient (Wildman–Crippen LogP) is 3.85. The molecule has 0 unspecified atom stereocenters. The topological polar surface area (TPSA) is 63.3 Å². The number of hydrogen-bond donors (Lipinski definition) is 1. The third-order valence-electron chi connectivity index (χ3n) is 3.04. The Labute approximate surface area is 119 Å². The SMILES string of the molecule is O=C(O)c1cccc(-c2cc(-c3ccc(F)cc3)on2)c1. The first-order valence-corrected chi connectivity index (χ1v) is 6.20. The van der Waals surface area contributed by atoms with Crippen molar-refractivity contribution in [1.82, 2.24) is 5.16 Å². The van der Waals surface area contributed by atoms with E-state index in [0.717, 1.165) is 0 Å². The van der Waals surface area contributed by atoms with Gasteiger partial charge < -0.3 is 9.63 Å². The van der Waals surface area contributed by atoms with Crippen LogP contribution in [0.4, 0.5) is 4.39 Å². The first kappa shape index (κ1) is 13.1. The summed E-state index contributed by atoms with van der Waals surface area (Å²) in [6, 6.07) is 14.0. The molecule has 1 heterocycles. The predicted molar refractivity (Wildman–Crippen MR) is 74.3 cm³/mol. The van der Waals surface area contributed by atoms with Gasteiger partial charge in [-0.15, -0.1) is 0 Å². The Morgan fingerprint density at radius 3 is 2.52 bits per heavy atom. The number of aromatic nitrogens is 1. The minimum absolute atomic E-state index is 0.179. The number of hydrogen-bond acceptors (Lipinski definition) is 3. The Morgan fingerprint density at radius 2 is 1.81 bits per heavy atom. The van der Waals surface area contributed by atoms with Gasteiger partial charge in [0.25, 0.3) is 0 Å². The molecule has 0 amide bonds. The van der Waals surface area contributed by atoms with Crippen LogP contribution in [0, 0.1) is 5.82 Å². The van der Waals surface area contributed by atoms with Gasteiger partial charge >= 0.3 is 5.97 Å². The quantitative estimate of drug-likeness (QED) is 0.793. The Bertz CT molecular complexity index is 793. The van der Waals surface area contributed by atoms with Crippen molar-refractivity contribution in [2.75, 3.05) is 0 Å². The third-order valence-corrected chi connectivity index (χ3v) is 3.04. The van der Waals surface area contributed by atoms with Crippen LogP contribution in [0.2, 0.25) is 0 Å². The van der Waals surface area contributed by atoms with E-state index < -0.39 is 5.97 Å². The van der Waals surface area contributed by atoms with E-state index in [0.29, 0.717) is 22.6 Å². The molecule has 0 saturated carbocycles. The molecule has 21 heavy (non-hydrogen) atoms. The molecule has 4 nitrogen and oxygen atoms in total. The average Bonchev–Trinajstić information content (AvgIpc) is 2.98. The zero-order chi connectivity index (χ0) is 14.8. The standard InChI is InChI=1S/C16H10FNO3/c17-13-6-4-10(5-7-13)15-9-14(18-21-15)11-2-1-3-12(8-11)16(19)20/h1-9H,(H,19,20). The van der Waals surface area contributed by atoms with Crippen molar-refractivity contribution in [2.24, 2.45) is 0 Å². The van der Waals surface area contributed by atoms with Crippen molar-refractivity contribution in [3.05, 3.63) is 66.0 Å². The summed E-state index contributed by atoms with van der Waals surface area (Å²) in [4.78, 5) is 11.0. The average molecular weight is 283 g/mol. The molecule has 0 aliphatic rings. The number of halogens is 1. The maximum Gasteiger partial charge on any atom is 0.335 e. The lowest BCUT2D eigenvalue weighted by molar-refractivity contribution is 0.0697. The molecule has 0 aliphatic heterocycles. The number of carbonyl (C=O) groups is 1. The van der Waals surface area contributed by atoms with Gasteiger partial charge in [-0.05, 0) is 36.4 Å². The van der Waals surface area contributed by atoms with Crippen LogP contribution in [-0.2, 0) is 0 Å². The molecule has 104 valence electrons. The summed E-state index contributed by atoms with van der Waals surface area (Å²) < 4.78 is 18.1. The summed E-state index contributed by atoms with van der Waals surface area (Å²) >= 11 is 0. The second-order valence-electron chi connectivity index (χ2n) is 4.47. The molecule has 3 aromatic rings. The lowest BCUT2D eigenvalue weighted by Crippen LogP contribution is -1.95. The molecular formula is C16H10FNO3. The van der Waals surface area contributed by atoms with Gasteiger partial charge in [-0.2, -0.15) is 0 Å². The Morgan fingerprint density at radius 1 is 1.05 bits per heavy atom. The van der Waals surface area contributed by atoms with E-state index in [9.17, 15) is 9.18 Å². The first-order valence-electron chi connectivity index (χ1n) is 6.20. The molecule has 1 aromatic heterocycles. The number of benzene rings is 2. The van der Waals surface area contributed by atoms with Gasteiger partial charge in [0.15, 0.2) is 5.76 Å². The van der Waals surface area contributed by atoms with Gasteiger partial charge in [0.2, 0.25) is 0 Å². The highest BCUT2D eigenvalue weighted by Gasteiger charge is 2.10. The molecule has 5 heteroatoms. The molecular weight excluding hydrogens is 273 g/mol. The van der Waals surface area contributed by atoms with Crippen LogP contribution in [0.1, 0.15) is 10.4 Å². The lowest BCUT2D eigenvalue weighted by atomic mass is 10.1. The fourth-order valence-electron chi connectivity index (χ4n) is 1.97. The summed E-state index contributed by atoms with van der Waals surface area (Å²) in [5.74, 6) is -0.836. The van der Waals surface area contributed by atoms with Gasteiger partial charge in [0, 0.05) is 17.2 Å². The van der Waals surface area contributed by atoms with Crippen molar-refractivity contribution in [2.45, 2.75) is 0 Å². The van der Waals surface area contributed by atoms with E-state index in [-0.39, 0.29) is 11.4 Å². The van der Waals surface area contributed by atoms with Crippen molar-refractivity contribution in [3.63, 3.8) is 0 Å². The Kier molecular flexibility index (Phi) is 3.23. The van der Waals surface area contributed by atoms with Gasteiger partial charge in [-0.3, -0.25) is 0 Å². The number of carboxylic acids is 1. The van der Waals surface area contributed by atoms with Crippen LogP contribution in [-0.4, -0.2) is 16.2 Å². The fourth-order valence-corrected chi connectivity index (χ4v) is 1.97. The molecule has 0 fully saturated rings. The fraction of sp³-hybridized carbons (Fsp3) is 0. The Hall–Kier alpha value is -2.95. The summed E-state index contributed by atoms with van der Waals surface area (Å²) in [5, 5.41) is 12.9. The minimum atomic E-state index is -1.00. The molecule has 2 aromatic carbocycles. The largest absolute Gasteiger partial charge is 0.478 e. The molecule has 0 saturated heterocycles. The van der Waals surface area contributed by atoms with Crippen molar-refractivity contribution < 1.29 is 18.8 Å². The third kappa shape index (κ3) is 2.67. The van der Waals surface area contributed by atoms with Gasteiger partial charge in [-0.25, -0.2) is 9.18 Å². The molecule has 0 atom stereocenters. The van der Waals surface area contributed by atoms with Crippen molar-refractivity contribution >= 4 is 5.97 Å². The van der Waals surface area contributed by atoms with Crippen LogP contribution in [0.5, 0.6) is 0 Å². The highest BCUT2D eigenvalue weighted by molar-refractivity contribution is 5.89. The molecule has 0 aliphatic carbocycles. The first-order chi connectivity index (χ1) is 10.1. The van der Waals surface area contributed by atoms with Gasteiger partial charge in [-0.1, -0.05) is 17.3 Å². The number of aromatic carboxylic acids is 1. The van der Waals surface area contributed by atoms with Gasteiger partial charge in [0.1, 0.15) is 11.5 Å². The van der Waals surface area contributed by atoms with E-state index >= 15 is 0 Å². The lowest BCUT2D eigenvalue weighted by Gasteiger charge is -1.97. The van der Waals surface area contributed by atoms with E-state index in [1.54, 1.807) is 30.3 Å². The molecule has 1 N–H and O–H groups in total. The number of nitrogens with zero attached hydrogens (tertiary/aromatic N) is 1. The second-order valence-corrected chi connectivity index (χ2v) is 4.47. The second kappa shape index (κ2) is 5.20. The van der Waals surface area contributed by atoms with Crippen LogP contribution >= 0.6 is 0 Å². The van der Waals surface area contributed by atoms with Crippen LogP contribution in [0.3, 0.4) is 0 Å². The van der Waals surface area contributed by atoms with Crippen LogP contribution < -0.4 is 0 Å². The Balaban J connectivity index is 1.96. The maximum absolute atomic E-state index is 12.9. The highest BCUT2D eigenvalue weighted by Crippen LogP contribution is 2.26. The van der Waals surface area contributed by atoms with Gasteiger partial charge in [0.05, 0.1) is 5.56 Å². The minimum Gasteiger partial charge on any atom is -0.478 e. The van der Waals surface area contributed by atoms with E-state index in [4.69, 9.17) is 9.63 Å². The number of carboxylic acid groups (broad SMARTS) is 1. The van der Waals surface area contributed by atoms with Crippen LogP contribution in [0.15, 0.2) is 59.1 Å². The van der Waals surface area contributed by atoms with E-state index in [1.807, 2.05) is 0 Å². The van der Waals surface area contributed by atoms with E-state index in [2.05, 4.69) is 5.16 Å². The molecule has 0 radical (unpaired) electrons. The monoisotopic (exact) mass is 283 g/mol. The van der Waals surface area contributed by atoms with Crippen molar-refractivity contribution in [3.8, 4) is 22.6 Å². The molecule has 0 bridgehead atoms. The van der Waals surface area contributed by atoms with E-state index in [1.165, 1.54) is 24.3 Å². The molecule has 3 rings (SSSR count). The zero-order valence-electron chi connectivity index (χ0n) is 10.8. The zero-order valence-corrected chi connectivity index (χ0v) is 10.8. The highest BCUT2D eigenvalue weighted by atomic mass is 19.1. The molecule has 0 spiro atoms. The normalized spacial score (nSPS) is 10.5. The van der Waals surface area contributed by atoms with Crippen molar-refractivity contribution in [1.29, 1.82) is 0 Å². The summed E-state index contributed by atoms with van der Waals surface area (Å²) in [6.45, 7) is 0. The number of rotatable bonds is 3. The summed E-state index contributed by atoms with van der Waals surface area (Å²) in [5.41, 5.74) is 2.05.